The van der Waals surface area contributed by atoms with E-state index in [0.717, 1.165) is 0 Å². The van der Waals surface area contributed by atoms with Crippen LogP contribution in [0.5, 0.6) is 0 Å². The van der Waals surface area contributed by atoms with Crippen LogP contribution in [-0.2, 0) is 4.79 Å². The summed E-state index contributed by atoms with van der Waals surface area (Å²) in [6.07, 6.45) is -0.673. The summed E-state index contributed by atoms with van der Waals surface area (Å²) in [6.45, 7) is 1.31. The van der Waals surface area contributed by atoms with E-state index >= 15 is 0 Å². The number of alkyl halides is 3. The number of hydrogen-bond acceptors (Lipinski definition) is 5. The van der Waals surface area contributed by atoms with Crippen molar-refractivity contribution in [1.29, 1.82) is 0 Å². The molecule has 31 heavy (non-hydrogen) atoms. The molecule has 1 N–H and O–H groups in total. The Morgan fingerprint density at radius 2 is 1.90 bits per heavy atom. The summed E-state index contributed by atoms with van der Waals surface area (Å²) >= 11 is 0. The van der Waals surface area contributed by atoms with Crippen molar-refractivity contribution < 1.29 is 22.4 Å². The third-order valence-corrected chi connectivity index (χ3v) is 4.95. The van der Waals surface area contributed by atoms with Crippen molar-refractivity contribution in [2.45, 2.75) is 32.0 Å². The monoisotopic (exact) mass is 434 g/mol. The normalized spacial score (nSPS) is 16.2. The van der Waals surface area contributed by atoms with Crippen LogP contribution in [0, 0.1) is 5.82 Å². The van der Waals surface area contributed by atoms with Crippen molar-refractivity contribution >= 4 is 17.4 Å². The number of aromatic nitrogens is 4. The quantitative estimate of drug-likeness (QED) is 0.616. The fourth-order valence-electron chi connectivity index (χ4n) is 3.48. The minimum Gasteiger partial charge on any atom is -0.342 e. The number of fused-ring (bicyclic) bond motifs is 1. The molecule has 0 radical (unpaired) electrons. The zero-order valence-electron chi connectivity index (χ0n) is 16.4. The van der Waals surface area contributed by atoms with Crippen LogP contribution in [0.1, 0.15) is 19.8 Å². The Labute approximate surface area is 174 Å². The number of carbonyl (C=O) groups is 1. The van der Waals surface area contributed by atoms with Gasteiger partial charge in [0.25, 0.3) is 0 Å². The molecule has 162 valence electrons. The number of nitrogens with zero attached hydrogens (tertiary/aromatic N) is 5. The lowest BCUT2D eigenvalue weighted by molar-refractivity contribution is -0.133. The molecule has 1 unspecified atom stereocenters. The number of amides is 1. The fourth-order valence-corrected chi connectivity index (χ4v) is 3.48. The summed E-state index contributed by atoms with van der Waals surface area (Å²) in [6, 6.07) is 4.91. The molecule has 7 nitrogen and oxygen atoms in total. The average Bonchev–Trinajstić information content (AvgIpc) is 3.21. The molecule has 1 atom stereocenters. The second-order valence-electron chi connectivity index (χ2n) is 7.01. The number of rotatable bonds is 5. The van der Waals surface area contributed by atoms with E-state index in [1.807, 2.05) is 0 Å². The number of anilines is 2. The van der Waals surface area contributed by atoms with Gasteiger partial charge in [0.15, 0.2) is 5.82 Å². The van der Waals surface area contributed by atoms with E-state index in [4.69, 9.17) is 0 Å². The van der Waals surface area contributed by atoms with Crippen LogP contribution < -0.4 is 10.2 Å². The maximum absolute atomic E-state index is 13.3. The van der Waals surface area contributed by atoms with Crippen LogP contribution >= 0.6 is 0 Å². The third kappa shape index (κ3) is 4.21. The van der Waals surface area contributed by atoms with Gasteiger partial charge in [-0.25, -0.2) is 14.4 Å². The van der Waals surface area contributed by atoms with Gasteiger partial charge in [-0.2, -0.15) is 18.2 Å². The van der Waals surface area contributed by atoms with E-state index in [0.29, 0.717) is 17.8 Å². The minimum atomic E-state index is -4.37. The van der Waals surface area contributed by atoms with Crippen LogP contribution in [0.2, 0.25) is 0 Å². The van der Waals surface area contributed by atoms with Gasteiger partial charge < -0.3 is 10.2 Å². The Morgan fingerprint density at radius 1 is 1.16 bits per heavy atom. The summed E-state index contributed by atoms with van der Waals surface area (Å²) in [5, 5.41) is 2.66. The maximum atomic E-state index is 13.3. The molecular weight excluding hydrogens is 416 g/mol. The molecular formula is C20H18F4N6O. The number of carbonyl (C=O) groups excluding carboxylic acids is 1. The molecule has 0 spiro atoms. The van der Waals surface area contributed by atoms with E-state index in [-0.39, 0.29) is 17.5 Å². The Morgan fingerprint density at radius 3 is 2.58 bits per heavy atom. The highest BCUT2D eigenvalue weighted by Crippen LogP contribution is 2.33. The SMILES string of the molecule is CCC1C(=O)Nc2cnc(-n3ccnc3-c3ccc(F)cc3)nc2N1CCC(F)(F)F. The molecule has 4 rings (SSSR count). The topological polar surface area (TPSA) is 75.9 Å². The van der Waals surface area contributed by atoms with Crippen molar-refractivity contribution in [3.05, 3.63) is 48.7 Å². The first-order chi connectivity index (χ1) is 14.8. The van der Waals surface area contributed by atoms with E-state index in [1.165, 1.54) is 29.4 Å². The van der Waals surface area contributed by atoms with Gasteiger partial charge in [-0.15, -0.1) is 0 Å². The van der Waals surface area contributed by atoms with Gasteiger partial charge in [0.2, 0.25) is 11.9 Å². The van der Waals surface area contributed by atoms with Crippen LogP contribution in [0.4, 0.5) is 29.1 Å². The van der Waals surface area contributed by atoms with E-state index < -0.39 is 36.9 Å². The molecule has 1 aromatic carbocycles. The molecule has 3 heterocycles. The average molecular weight is 434 g/mol. The molecule has 0 saturated carbocycles. The molecule has 3 aromatic rings. The van der Waals surface area contributed by atoms with Gasteiger partial charge in [0, 0.05) is 24.5 Å². The Bertz CT molecular complexity index is 1100. The molecule has 1 aliphatic rings. The van der Waals surface area contributed by atoms with E-state index in [1.54, 1.807) is 29.8 Å². The number of halogens is 4. The highest BCUT2D eigenvalue weighted by molar-refractivity contribution is 6.02. The zero-order chi connectivity index (χ0) is 22.2. The number of nitrogens with one attached hydrogen (secondary N) is 1. The lowest BCUT2D eigenvalue weighted by atomic mass is 10.1. The van der Waals surface area contributed by atoms with Crippen LogP contribution in [0.15, 0.2) is 42.9 Å². The Kier molecular flexibility index (Phi) is 5.34. The summed E-state index contributed by atoms with van der Waals surface area (Å²) in [5.74, 6) is 0.0171. The zero-order valence-corrected chi connectivity index (χ0v) is 16.4. The molecule has 11 heteroatoms. The van der Waals surface area contributed by atoms with Gasteiger partial charge in [-0.1, -0.05) is 6.92 Å². The van der Waals surface area contributed by atoms with Gasteiger partial charge in [-0.05, 0) is 30.7 Å². The molecule has 0 aliphatic carbocycles. The van der Waals surface area contributed by atoms with E-state index in [9.17, 15) is 22.4 Å². The van der Waals surface area contributed by atoms with Crippen LogP contribution in [0.3, 0.4) is 0 Å². The van der Waals surface area contributed by atoms with E-state index in [2.05, 4.69) is 20.3 Å². The first kappa shape index (κ1) is 20.8. The summed E-state index contributed by atoms with van der Waals surface area (Å²) in [7, 11) is 0. The smallest absolute Gasteiger partial charge is 0.342 e. The first-order valence-electron chi connectivity index (χ1n) is 9.58. The highest BCUT2D eigenvalue weighted by atomic mass is 19.4. The molecule has 0 bridgehead atoms. The second kappa shape index (κ2) is 7.97. The summed E-state index contributed by atoms with van der Waals surface area (Å²) in [4.78, 5) is 26.7. The predicted molar refractivity (Wildman–Crippen MR) is 105 cm³/mol. The van der Waals surface area contributed by atoms with Crippen molar-refractivity contribution in [2.75, 3.05) is 16.8 Å². The Hall–Kier alpha value is -3.50. The molecule has 0 fully saturated rings. The van der Waals surface area contributed by atoms with Crippen molar-refractivity contribution in [2.24, 2.45) is 0 Å². The fraction of sp³-hybridized carbons (Fsp3) is 0.300. The molecule has 1 aliphatic heterocycles. The number of hydrogen-bond donors (Lipinski definition) is 1. The lowest BCUT2D eigenvalue weighted by Crippen LogP contribution is -2.49. The minimum absolute atomic E-state index is 0.165. The number of imidazole rings is 1. The number of benzene rings is 1. The largest absolute Gasteiger partial charge is 0.390 e. The lowest BCUT2D eigenvalue weighted by Gasteiger charge is -2.36. The summed E-state index contributed by atoms with van der Waals surface area (Å²) < 4.78 is 53.5. The third-order valence-electron chi connectivity index (χ3n) is 4.95. The van der Waals surface area contributed by atoms with Crippen molar-refractivity contribution in [1.82, 2.24) is 19.5 Å². The van der Waals surface area contributed by atoms with Gasteiger partial charge >= 0.3 is 6.18 Å². The van der Waals surface area contributed by atoms with Gasteiger partial charge in [-0.3, -0.25) is 9.36 Å². The first-order valence-corrected chi connectivity index (χ1v) is 9.58. The van der Waals surface area contributed by atoms with Crippen molar-refractivity contribution in [3.8, 4) is 17.3 Å². The maximum Gasteiger partial charge on any atom is 0.390 e. The van der Waals surface area contributed by atoms with Gasteiger partial charge in [0.05, 0.1) is 12.6 Å². The highest BCUT2D eigenvalue weighted by Gasteiger charge is 2.36. The van der Waals surface area contributed by atoms with Crippen LogP contribution in [0.25, 0.3) is 17.3 Å². The van der Waals surface area contributed by atoms with Crippen molar-refractivity contribution in [3.63, 3.8) is 0 Å². The molecule has 1 amide bonds. The Balaban J connectivity index is 1.75. The molecule has 2 aromatic heterocycles. The second-order valence-corrected chi connectivity index (χ2v) is 7.01. The van der Waals surface area contributed by atoms with Gasteiger partial charge in [0.1, 0.15) is 23.4 Å². The van der Waals surface area contributed by atoms with Crippen LogP contribution in [-0.4, -0.2) is 44.2 Å². The standard InChI is InChI=1S/C20H18F4N6O/c1-2-15-18(31)27-14-11-26-19(28-17(14)29(15)9-7-20(22,23)24)30-10-8-25-16(30)12-3-5-13(21)6-4-12/h3-6,8,10-11,15H,2,7,9H2,1H3,(H,27,31). The predicted octanol–water partition coefficient (Wildman–Crippen LogP) is 3.96. The summed E-state index contributed by atoms with van der Waals surface area (Å²) in [5.41, 5.74) is 0.852. The molecule has 0 saturated heterocycles.